The first-order valence-corrected chi connectivity index (χ1v) is 8.24. The van der Waals surface area contributed by atoms with Crippen molar-refractivity contribution in [2.24, 2.45) is 0 Å². The lowest BCUT2D eigenvalue weighted by Crippen LogP contribution is -2.62. The Balaban J connectivity index is 2.08. The zero-order valence-electron chi connectivity index (χ0n) is 14.7. The molecule has 2 amide bonds. The number of rotatable bonds is 5. The molecule has 1 saturated heterocycles. The van der Waals surface area contributed by atoms with E-state index in [1.54, 1.807) is 19.9 Å². The molecule has 0 aromatic heterocycles. The monoisotopic (exact) mass is 327 g/mol. The zero-order valence-corrected chi connectivity index (χ0v) is 14.7. The molecule has 24 heavy (non-hydrogen) atoms. The summed E-state index contributed by atoms with van der Waals surface area (Å²) in [6.45, 7) is 9.69. The summed E-state index contributed by atoms with van der Waals surface area (Å²) >= 11 is 0. The third kappa shape index (κ3) is 4.25. The fourth-order valence-electron chi connectivity index (χ4n) is 2.63. The first-order chi connectivity index (χ1) is 11.4. The van der Waals surface area contributed by atoms with Crippen LogP contribution in [0, 0.1) is 0 Å². The second kappa shape index (κ2) is 7.34. The van der Waals surface area contributed by atoms with Gasteiger partial charge in [-0.3, -0.25) is 9.59 Å². The zero-order chi connectivity index (χ0) is 17.7. The Hall–Kier alpha value is -2.56. The molecule has 1 fully saturated rings. The minimum absolute atomic E-state index is 0.116. The van der Waals surface area contributed by atoms with Crippen molar-refractivity contribution >= 4 is 23.6 Å². The molecule has 5 nitrogen and oxygen atoms in total. The Morgan fingerprint density at radius 1 is 1.00 bits per heavy atom. The average Bonchev–Trinajstić information content (AvgIpc) is 2.51. The van der Waals surface area contributed by atoms with Gasteiger partial charge in [0.15, 0.2) is 0 Å². The lowest BCUT2D eigenvalue weighted by atomic mass is 10.1. The topological polar surface area (TPSA) is 61.4 Å². The Bertz CT molecular complexity index is 646. The Labute approximate surface area is 143 Å². The maximum atomic E-state index is 12.0. The summed E-state index contributed by atoms with van der Waals surface area (Å²) in [5.74, 6) is -0.712. The predicted molar refractivity (Wildman–Crippen MR) is 97.5 cm³/mol. The van der Waals surface area contributed by atoms with E-state index in [-0.39, 0.29) is 17.4 Å². The van der Waals surface area contributed by atoms with E-state index in [1.807, 2.05) is 18.2 Å². The molecule has 1 aliphatic rings. The van der Waals surface area contributed by atoms with E-state index in [0.717, 1.165) is 18.7 Å². The first kappa shape index (κ1) is 17.8. The Kier molecular flexibility index (Phi) is 5.44. The van der Waals surface area contributed by atoms with Gasteiger partial charge in [-0.25, -0.2) is 0 Å². The fraction of sp³-hybridized carbons (Fsp3) is 0.368. The van der Waals surface area contributed by atoms with Crippen molar-refractivity contribution in [1.82, 2.24) is 10.6 Å². The van der Waals surface area contributed by atoms with Crippen LogP contribution < -0.4 is 15.5 Å². The van der Waals surface area contributed by atoms with Crippen LogP contribution in [0.5, 0.6) is 0 Å². The minimum Gasteiger partial charge on any atom is -0.372 e. The van der Waals surface area contributed by atoms with Crippen LogP contribution in [0.3, 0.4) is 0 Å². The number of benzene rings is 1. The molecule has 0 aliphatic carbocycles. The highest BCUT2D eigenvalue weighted by Gasteiger charge is 2.33. The summed E-state index contributed by atoms with van der Waals surface area (Å²) in [5.41, 5.74) is 1.60. The summed E-state index contributed by atoms with van der Waals surface area (Å²) in [4.78, 5) is 26.2. The maximum Gasteiger partial charge on any atom is 0.258 e. The lowest BCUT2D eigenvalue weighted by molar-refractivity contribution is -0.129. The highest BCUT2D eigenvalue weighted by atomic mass is 16.2. The number of hydrogen-bond donors (Lipinski definition) is 2. The van der Waals surface area contributed by atoms with E-state index in [4.69, 9.17) is 0 Å². The summed E-state index contributed by atoms with van der Waals surface area (Å²) < 4.78 is 0. The van der Waals surface area contributed by atoms with Crippen molar-refractivity contribution in [1.29, 1.82) is 0 Å². The SMILES string of the molecule is CCN(CC)c1ccc(C=CC=C2C(=O)NC(C)(C)NC2=O)cc1. The molecule has 5 heteroatoms. The van der Waals surface area contributed by atoms with E-state index >= 15 is 0 Å². The van der Waals surface area contributed by atoms with E-state index in [9.17, 15) is 9.59 Å². The molecule has 1 heterocycles. The molecule has 2 rings (SSSR count). The molecule has 0 unspecified atom stereocenters. The number of carbonyl (C=O) groups excluding carboxylic acids is 2. The number of nitrogens with zero attached hydrogens (tertiary/aromatic N) is 1. The van der Waals surface area contributed by atoms with Gasteiger partial charge in [0.2, 0.25) is 0 Å². The van der Waals surface area contributed by atoms with Crippen LogP contribution >= 0.6 is 0 Å². The van der Waals surface area contributed by atoms with Crippen LogP contribution in [0.2, 0.25) is 0 Å². The number of allylic oxidation sites excluding steroid dienone is 2. The van der Waals surface area contributed by atoms with Gasteiger partial charge in [-0.05, 0) is 51.5 Å². The van der Waals surface area contributed by atoms with Crippen molar-refractivity contribution in [3.05, 3.63) is 47.6 Å². The van der Waals surface area contributed by atoms with Crippen molar-refractivity contribution in [3.8, 4) is 0 Å². The van der Waals surface area contributed by atoms with Gasteiger partial charge in [0.25, 0.3) is 11.8 Å². The van der Waals surface area contributed by atoms with Gasteiger partial charge >= 0.3 is 0 Å². The number of nitrogens with one attached hydrogen (secondary N) is 2. The number of hydrogen-bond acceptors (Lipinski definition) is 3. The Morgan fingerprint density at radius 3 is 2.04 bits per heavy atom. The summed E-state index contributed by atoms with van der Waals surface area (Å²) in [7, 11) is 0. The average molecular weight is 327 g/mol. The van der Waals surface area contributed by atoms with Crippen LogP contribution in [-0.2, 0) is 9.59 Å². The number of amides is 2. The number of carbonyl (C=O) groups is 2. The minimum atomic E-state index is -0.713. The van der Waals surface area contributed by atoms with Crippen LogP contribution in [0.1, 0.15) is 33.3 Å². The van der Waals surface area contributed by atoms with Crippen molar-refractivity contribution < 1.29 is 9.59 Å². The van der Waals surface area contributed by atoms with Crippen LogP contribution in [0.25, 0.3) is 6.08 Å². The summed E-state index contributed by atoms with van der Waals surface area (Å²) in [5, 5.41) is 5.48. The molecule has 0 radical (unpaired) electrons. The van der Waals surface area contributed by atoms with Gasteiger partial charge in [-0.1, -0.05) is 24.3 Å². The van der Waals surface area contributed by atoms with Gasteiger partial charge < -0.3 is 15.5 Å². The second-order valence-corrected chi connectivity index (χ2v) is 6.24. The molecule has 1 aromatic rings. The van der Waals surface area contributed by atoms with Crippen molar-refractivity contribution in [2.45, 2.75) is 33.4 Å². The van der Waals surface area contributed by atoms with Gasteiger partial charge in [0, 0.05) is 18.8 Å². The molecular weight excluding hydrogens is 302 g/mol. The van der Waals surface area contributed by atoms with Gasteiger partial charge in [0.1, 0.15) is 11.2 Å². The highest BCUT2D eigenvalue weighted by Crippen LogP contribution is 2.16. The predicted octanol–water partition coefficient (Wildman–Crippen LogP) is 2.45. The summed E-state index contributed by atoms with van der Waals surface area (Å²) in [6, 6.07) is 8.18. The molecule has 0 atom stereocenters. The largest absolute Gasteiger partial charge is 0.372 e. The molecule has 2 N–H and O–H groups in total. The highest BCUT2D eigenvalue weighted by molar-refractivity contribution is 6.20. The lowest BCUT2D eigenvalue weighted by Gasteiger charge is -2.32. The molecule has 128 valence electrons. The molecule has 0 saturated carbocycles. The third-order valence-electron chi connectivity index (χ3n) is 3.91. The molecule has 1 aliphatic heterocycles. The van der Waals surface area contributed by atoms with E-state index in [1.165, 1.54) is 11.8 Å². The summed E-state index contributed by atoms with van der Waals surface area (Å²) in [6.07, 6.45) is 5.14. The van der Waals surface area contributed by atoms with Crippen molar-refractivity contribution in [2.75, 3.05) is 18.0 Å². The first-order valence-electron chi connectivity index (χ1n) is 8.24. The van der Waals surface area contributed by atoms with Gasteiger partial charge in [-0.15, -0.1) is 0 Å². The smallest absolute Gasteiger partial charge is 0.258 e. The number of anilines is 1. The molecule has 0 spiro atoms. The van der Waals surface area contributed by atoms with E-state index in [2.05, 4.69) is 41.5 Å². The van der Waals surface area contributed by atoms with Crippen LogP contribution in [-0.4, -0.2) is 30.6 Å². The Morgan fingerprint density at radius 2 is 1.54 bits per heavy atom. The van der Waals surface area contributed by atoms with Gasteiger partial charge in [0.05, 0.1) is 0 Å². The van der Waals surface area contributed by atoms with Gasteiger partial charge in [-0.2, -0.15) is 0 Å². The molecule has 1 aromatic carbocycles. The maximum absolute atomic E-state index is 12.0. The normalized spacial score (nSPS) is 16.8. The standard InChI is InChI=1S/C19H25N3O2/c1-5-22(6-2)15-12-10-14(11-13-15)8-7-9-16-17(23)20-19(3,4)21-18(16)24/h7-13H,5-6H2,1-4H3,(H,20,23)(H,21,24). The quantitative estimate of drug-likeness (QED) is 0.645. The van der Waals surface area contributed by atoms with Crippen LogP contribution in [0.15, 0.2) is 42.0 Å². The fourth-order valence-corrected chi connectivity index (χ4v) is 2.63. The third-order valence-corrected chi connectivity index (χ3v) is 3.91. The van der Waals surface area contributed by atoms with Crippen LogP contribution in [0.4, 0.5) is 5.69 Å². The second-order valence-electron chi connectivity index (χ2n) is 6.24. The van der Waals surface area contributed by atoms with E-state index < -0.39 is 5.66 Å². The molecular formula is C19H25N3O2. The van der Waals surface area contributed by atoms with Crippen molar-refractivity contribution in [3.63, 3.8) is 0 Å². The van der Waals surface area contributed by atoms with E-state index in [0.29, 0.717) is 0 Å². The molecule has 0 bridgehead atoms.